The molecule has 0 radical (unpaired) electrons. The standard InChI is InChI=1S/C12H15ClN4O/c1-16(2)10(18)6-7-17-9-5-3-4-8(13)11(9)15-12(17)14/h3-5H,6-7H2,1-2H3,(H2,14,15). The number of aromatic nitrogens is 2. The SMILES string of the molecule is CN(C)C(=O)CCn1c(N)nc2c(Cl)cccc21. The predicted octanol–water partition coefficient (Wildman–Crippen LogP) is 1.75. The van der Waals surface area contributed by atoms with E-state index >= 15 is 0 Å². The van der Waals surface area contributed by atoms with Gasteiger partial charge in [-0.05, 0) is 12.1 Å². The number of benzene rings is 1. The fourth-order valence-electron chi connectivity index (χ4n) is 1.80. The summed E-state index contributed by atoms with van der Waals surface area (Å²) in [7, 11) is 3.46. The Balaban J connectivity index is 2.31. The van der Waals surface area contributed by atoms with Gasteiger partial charge in [-0.25, -0.2) is 4.98 Å². The quantitative estimate of drug-likeness (QED) is 0.921. The van der Waals surface area contributed by atoms with Crippen molar-refractivity contribution in [2.45, 2.75) is 13.0 Å². The average Bonchev–Trinajstić information content (AvgIpc) is 2.64. The first-order valence-electron chi connectivity index (χ1n) is 5.61. The lowest BCUT2D eigenvalue weighted by atomic mass is 10.3. The number of anilines is 1. The molecule has 0 bridgehead atoms. The maximum Gasteiger partial charge on any atom is 0.223 e. The number of halogens is 1. The predicted molar refractivity (Wildman–Crippen MR) is 72.5 cm³/mol. The van der Waals surface area contributed by atoms with Gasteiger partial charge in [0.1, 0.15) is 5.52 Å². The smallest absolute Gasteiger partial charge is 0.223 e. The zero-order chi connectivity index (χ0) is 13.3. The number of fused-ring (bicyclic) bond motifs is 1. The van der Waals surface area contributed by atoms with E-state index in [0.29, 0.717) is 29.5 Å². The van der Waals surface area contributed by atoms with Crippen LogP contribution in [0, 0.1) is 0 Å². The van der Waals surface area contributed by atoms with Crippen molar-refractivity contribution >= 4 is 34.5 Å². The second-order valence-electron chi connectivity index (χ2n) is 4.27. The zero-order valence-electron chi connectivity index (χ0n) is 10.4. The highest BCUT2D eigenvalue weighted by Gasteiger charge is 2.12. The van der Waals surface area contributed by atoms with E-state index in [2.05, 4.69) is 4.98 Å². The van der Waals surface area contributed by atoms with Crippen LogP contribution in [0.25, 0.3) is 11.0 Å². The van der Waals surface area contributed by atoms with Gasteiger partial charge in [-0.2, -0.15) is 0 Å². The summed E-state index contributed by atoms with van der Waals surface area (Å²) < 4.78 is 1.81. The number of imidazole rings is 1. The number of rotatable bonds is 3. The molecule has 2 N–H and O–H groups in total. The van der Waals surface area contributed by atoms with Crippen LogP contribution in [-0.2, 0) is 11.3 Å². The highest BCUT2D eigenvalue weighted by Crippen LogP contribution is 2.25. The molecule has 18 heavy (non-hydrogen) atoms. The molecule has 1 amide bonds. The van der Waals surface area contributed by atoms with Crippen LogP contribution in [-0.4, -0.2) is 34.5 Å². The highest BCUT2D eigenvalue weighted by molar-refractivity contribution is 6.35. The van der Waals surface area contributed by atoms with Gasteiger partial charge in [0, 0.05) is 27.1 Å². The van der Waals surface area contributed by atoms with Crippen molar-refractivity contribution in [2.75, 3.05) is 19.8 Å². The summed E-state index contributed by atoms with van der Waals surface area (Å²) >= 11 is 6.05. The Morgan fingerprint density at radius 3 is 2.89 bits per heavy atom. The van der Waals surface area contributed by atoms with Crippen LogP contribution >= 0.6 is 11.6 Å². The number of nitrogens with zero attached hydrogens (tertiary/aromatic N) is 3. The number of para-hydroxylation sites is 1. The van der Waals surface area contributed by atoms with Crippen molar-refractivity contribution in [1.29, 1.82) is 0 Å². The van der Waals surface area contributed by atoms with Gasteiger partial charge in [0.05, 0.1) is 10.5 Å². The Hall–Kier alpha value is -1.75. The lowest BCUT2D eigenvalue weighted by molar-refractivity contribution is -0.128. The molecule has 1 aromatic heterocycles. The first-order valence-corrected chi connectivity index (χ1v) is 5.99. The van der Waals surface area contributed by atoms with Crippen LogP contribution in [0.2, 0.25) is 5.02 Å². The molecule has 0 saturated heterocycles. The van der Waals surface area contributed by atoms with E-state index in [-0.39, 0.29) is 5.91 Å². The third-order valence-electron chi connectivity index (χ3n) is 2.81. The normalized spacial score (nSPS) is 10.8. The van der Waals surface area contributed by atoms with E-state index in [1.165, 1.54) is 0 Å². The summed E-state index contributed by atoms with van der Waals surface area (Å²) in [6.45, 7) is 0.500. The van der Waals surface area contributed by atoms with E-state index in [9.17, 15) is 4.79 Å². The number of aryl methyl sites for hydroxylation is 1. The van der Waals surface area contributed by atoms with Crippen LogP contribution in [0.1, 0.15) is 6.42 Å². The molecule has 6 heteroatoms. The molecule has 0 aliphatic rings. The molecule has 0 aliphatic carbocycles. The Bertz CT molecular complexity index is 591. The molecule has 96 valence electrons. The maximum absolute atomic E-state index is 11.6. The molecule has 0 atom stereocenters. The third kappa shape index (κ3) is 2.26. The van der Waals surface area contributed by atoms with Gasteiger partial charge in [-0.15, -0.1) is 0 Å². The number of hydrogen-bond acceptors (Lipinski definition) is 3. The molecule has 5 nitrogen and oxygen atoms in total. The molecular formula is C12H15ClN4O. The van der Waals surface area contributed by atoms with Crippen molar-refractivity contribution in [1.82, 2.24) is 14.5 Å². The van der Waals surface area contributed by atoms with Crippen molar-refractivity contribution in [3.05, 3.63) is 23.2 Å². The van der Waals surface area contributed by atoms with Crippen LogP contribution in [0.5, 0.6) is 0 Å². The van der Waals surface area contributed by atoms with Gasteiger partial charge in [-0.3, -0.25) is 4.79 Å². The number of nitrogen functional groups attached to an aromatic ring is 1. The Morgan fingerprint density at radius 1 is 1.50 bits per heavy atom. The van der Waals surface area contributed by atoms with Crippen LogP contribution < -0.4 is 5.73 Å². The van der Waals surface area contributed by atoms with E-state index in [1.54, 1.807) is 25.1 Å². The second kappa shape index (κ2) is 4.86. The monoisotopic (exact) mass is 266 g/mol. The Morgan fingerprint density at radius 2 is 2.22 bits per heavy atom. The van der Waals surface area contributed by atoms with Gasteiger partial charge < -0.3 is 15.2 Å². The van der Waals surface area contributed by atoms with Crippen molar-refractivity contribution in [3.63, 3.8) is 0 Å². The molecule has 2 aromatic rings. The van der Waals surface area contributed by atoms with E-state index in [4.69, 9.17) is 17.3 Å². The minimum atomic E-state index is 0.0540. The zero-order valence-corrected chi connectivity index (χ0v) is 11.1. The Labute approximate surface area is 110 Å². The van der Waals surface area contributed by atoms with Gasteiger partial charge >= 0.3 is 0 Å². The minimum Gasteiger partial charge on any atom is -0.369 e. The first kappa shape index (κ1) is 12.7. The summed E-state index contributed by atoms with van der Waals surface area (Å²) in [4.78, 5) is 17.4. The van der Waals surface area contributed by atoms with E-state index in [0.717, 1.165) is 5.52 Å². The van der Waals surface area contributed by atoms with Crippen LogP contribution in [0.4, 0.5) is 5.95 Å². The maximum atomic E-state index is 11.6. The fraction of sp³-hybridized carbons (Fsp3) is 0.333. The number of nitrogens with two attached hydrogens (primary N) is 1. The highest BCUT2D eigenvalue weighted by atomic mass is 35.5. The van der Waals surface area contributed by atoms with Crippen molar-refractivity contribution in [3.8, 4) is 0 Å². The summed E-state index contributed by atoms with van der Waals surface area (Å²) in [5, 5.41) is 0.567. The number of hydrogen-bond donors (Lipinski definition) is 1. The first-order chi connectivity index (χ1) is 8.50. The summed E-state index contributed by atoms with van der Waals surface area (Å²) in [5.74, 6) is 0.433. The number of amides is 1. The minimum absolute atomic E-state index is 0.0540. The van der Waals surface area contributed by atoms with Gasteiger partial charge in [0.2, 0.25) is 11.9 Å². The largest absolute Gasteiger partial charge is 0.369 e. The lowest BCUT2D eigenvalue weighted by Gasteiger charge is -2.11. The van der Waals surface area contributed by atoms with Crippen LogP contribution in [0.15, 0.2) is 18.2 Å². The molecule has 0 spiro atoms. The number of carbonyl (C=O) groups is 1. The summed E-state index contributed by atoms with van der Waals surface area (Å²) in [6.07, 6.45) is 0.384. The second-order valence-corrected chi connectivity index (χ2v) is 4.67. The van der Waals surface area contributed by atoms with Gasteiger partial charge in [0.25, 0.3) is 0 Å². The van der Waals surface area contributed by atoms with Crippen molar-refractivity contribution < 1.29 is 4.79 Å². The Kier molecular flexibility index (Phi) is 3.43. The average molecular weight is 267 g/mol. The van der Waals surface area contributed by atoms with Crippen molar-refractivity contribution in [2.24, 2.45) is 0 Å². The molecule has 1 heterocycles. The molecule has 0 saturated carbocycles. The van der Waals surface area contributed by atoms with E-state index in [1.807, 2.05) is 16.7 Å². The molecule has 0 fully saturated rings. The summed E-state index contributed by atoms with van der Waals surface area (Å²) in [6, 6.07) is 5.51. The number of carbonyl (C=O) groups excluding carboxylic acids is 1. The van der Waals surface area contributed by atoms with E-state index < -0.39 is 0 Å². The molecular weight excluding hydrogens is 252 g/mol. The third-order valence-corrected chi connectivity index (χ3v) is 3.11. The molecule has 0 aliphatic heterocycles. The van der Waals surface area contributed by atoms with Gasteiger partial charge in [0.15, 0.2) is 0 Å². The van der Waals surface area contributed by atoms with Gasteiger partial charge in [-0.1, -0.05) is 17.7 Å². The lowest BCUT2D eigenvalue weighted by Crippen LogP contribution is -2.23. The topological polar surface area (TPSA) is 64.2 Å². The molecule has 1 aromatic carbocycles. The fourth-order valence-corrected chi connectivity index (χ4v) is 2.01. The molecule has 2 rings (SSSR count). The summed E-state index contributed by atoms with van der Waals surface area (Å²) in [5.41, 5.74) is 7.38. The molecule has 0 unspecified atom stereocenters. The van der Waals surface area contributed by atoms with Crippen LogP contribution in [0.3, 0.4) is 0 Å².